The van der Waals surface area contributed by atoms with Crippen LogP contribution in [0.1, 0.15) is 46.8 Å². The molecule has 1 N–H and O–H groups in total. The minimum absolute atomic E-state index is 0.150. The van der Waals surface area contributed by atoms with Gasteiger partial charge in [-0.25, -0.2) is 4.98 Å². The normalized spacial score (nSPS) is 18.5. The monoisotopic (exact) mass is 369 g/mol. The number of amides is 1. The first kappa shape index (κ1) is 17.7. The van der Waals surface area contributed by atoms with Crippen molar-refractivity contribution in [3.05, 3.63) is 51.5 Å². The molecule has 2 aromatic rings. The van der Waals surface area contributed by atoms with Gasteiger partial charge in [0.2, 0.25) is 5.91 Å². The SMILES string of the molecule is O=C(NCc1nc2c(s1)CCCC2)C1CCN(Cc2ccccc2)CC1. The first-order chi connectivity index (χ1) is 12.8. The van der Waals surface area contributed by atoms with E-state index in [1.807, 2.05) is 0 Å². The Balaban J connectivity index is 1.23. The molecule has 0 atom stereocenters. The van der Waals surface area contributed by atoms with Gasteiger partial charge in [0.15, 0.2) is 0 Å². The van der Waals surface area contributed by atoms with E-state index >= 15 is 0 Å². The van der Waals surface area contributed by atoms with Gasteiger partial charge in [0.1, 0.15) is 5.01 Å². The number of carbonyl (C=O) groups excluding carboxylic acids is 1. The number of hydrogen-bond acceptors (Lipinski definition) is 4. The van der Waals surface area contributed by atoms with Crippen molar-refractivity contribution < 1.29 is 4.79 Å². The van der Waals surface area contributed by atoms with Crippen molar-refractivity contribution >= 4 is 17.2 Å². The Morgan fingerprint density at radius 2 is 1.92 bits per heavy atom. The molecule has 4 nitrogen and oxygen atoms in total. The van der Waals surface area contributed by atoms with Gasteiger partial charge in [-0.15, -0.1) is 11.3 Å². The van der Waals surface area contributed by atoms with E-state index < -0.39 is 0 Å². The summed E-state index contributed by atoms with van der Waals surface area (Å²) in [5.74, 6) is 0.356. The van der Waals surface area contributed by atoms with E-state index in [0.29, 0.717) is 6.54 Å². The highest BCUT2D eigenvalue weighted by atomic mass is 32.1. The van der Waals surface area contributed by atoms with Crippen LogP contribution < -0.4 is 5.32 Å². The Morgan fingerprint density at radius 3 is 2.69 bits per heavy atom. The fourth-order valence-electron chi connectivity index (χ4n) is 3.98. The molecule has 0 bridgehead atoms. The molecule has 0 saturated carbocycles. The summed E-state index contributed by atoms with van der Waals surface area (Å²) in [7, 11) is 0. The van der Waals surface area contributed by atoms with Gasteiger partial charge in [0.05, 0.1) is 12.2 Å². The second kappa shape index (κ2) is 8.31. The smallest absolute Gasteiger partial charge is 0.223 e. The molecule has 1 aromatic heterocycles. The number of rotatable bonds is 5. The zero-order valence-electron chi connectivity index (χ0n) is 15.2. The summed E-state index contributed by atoms with van der Waals surface area (Å²) in [6.07, 6.45) is 6.72. The number of fused-ring (bicyclic) bond motifs is 1. The van der Waals surface area contributed by atoms with Crippen LogP contribution in [0.3, 0.4) is 0 Å². The van der Waals surface area contributed by atoms with Gasteiger partial charge in [-0.3, -0.25) is 9.69 Å². The van der Waals surface area contributed by atoms with Crippen molar-refractivity contribution in [2.45, 2.75) is 51.6 Å². The number of aryl methyl sites for hydroxylation is 2. The lowest BCUT2D eigenvalue weighted by Gasteiger charge is -2.31. The molecule has 5 heteroatoms. The summed E-state index contributed by atoms with van der Waals surface area (Å²) >= 11 is 1.79. The highest BCUT2D eigenvalue weighted by Gasteiger charge is 2.25. The van der Waals surface area contributed by atoms with Crippen LogP contribution in [0.25, 0.3) is 0 Å². The fraction of sp³-hybridized carbons (Fsp3) is 0.524. The Kier molecular flexibility index (Phi) is 5.65. The third-order valence-electron chi connectivity index (χ3n) is 5.51. The van der Waals surface area contributed by atoms with E-state index in [2.05, 4.69) is 40.5 Å². The molecule has 1 aromatic carbocycles. The summed E-state index contributed by atoms with van der Waals surface area (Å²) in [6.45, 7) is 3.58. The topological polar surface area (TPSA) is 45.2 Å². The zero-order valence-corrected chi connectivity index (χ0v) is 16.1. The van der Waals surface area contributed by atoms with Crippen molar-refractivity contribution in [2.75, 3.05) is 13.1 Å². The molecule has 1 amide bonds. The highest BCUT2D eigenvalue weighted by Crippen LogP contribution is 2.27. The quantitative estimate of drug-likeness (QED) is 0.877. The van der Waals surface area contributed by atoms with Crippen LogP contribution in [0.15, 0.2) is 30.3 Å². The third kappa shape index (κ3) is 4.33. The molecule has 1 saturated heterocycles. The Hall–Kier alpha value is -1.72. The summed E-state index contributed by atoms with van der Waals surface area (Å²) in [5.41, 5.74) is 2.63. The van der Waals surface area contributed by atoms with E-state index in [-0.39, 0.29) is 11.8 Å². The molecular weight excluding hydrogens is 342 g/mol. The van der Waals surface area contributed by atoms with Crippen LogP contribution in [0.2, 0.25) is 0 Å². The van der Waals surface area contributed by atoms with Crippen LogP contribution in [0.4, 0.5) is 0 Å². The molecule has 0 radical (unpaired) electrons. The lowest BCUT2D eigenvalue weighted by molar-refractivity contribution is -0.126. The van der Waals surface area contributed by atoms with Crippen molar-refractivity contribution in [3.8, 4) is 0 Å². The number of likely N-dealkylation sites (tertiary alicyclic amines) is 1. The molecular formula is C21H27N3OS. The Labute approximate surface area is 159 Å². The summed E-state index contributed by atoms with van der Waals surface area (Å²) in [6, 6.07) is 10.6. The number of hydrogen-bond donors (Lipinski definition) is 1. The molecule has 26 heavy (non-hydrogen) atoms. The third-order valence-corrected chi connectivity index (χ3v) is 6.67. The Morgan fingerprint density at radius 1 is 1.15 bits per heavy atom. The average molecular weight is 370 g/mol. The van der Waals surface area contributed by atoms with E-state index in [1.165, 1.54) is 35.4 Å². The lowest BCUT2D eigenvalue weighted by atomic mass is 9.95. The zero-order chi connectivity index (χ0) is 17.8. The van der Waals surface area contributed by atoms with Crippen molar-refractivity contribution in [2.24, 2.45) is 5.92 Å². The maximum Gasteiger partial charge on any atom is 0.223 e. The standard InChI is InChI=1S/C21H27N3OS/c25-21(22-14-20-23-18-8-4-5-9-19(18)26-20)17-10-12-24(13-11-17)15-16-6-2-1-3-7-16/h1-3,6-7,17H,4-5,8-15H2,(H,22,25). The number of benzene rings is 1. The maximum atomic E-state index is 12.5. The molecule has 4 rings (SSSR count). The Bertz CT molecular complexity index is 711. The molecule has 138 valence electrons. The van der Waals surface area contributed by atoms with Gasteiger partial charge in [-0.1, -0.05) is 30.3 Å². The highest BCUT2D eigenvalue weighted by molar-refractivity contribution is 7.11. The molecule has 2 heterocycles. The number of nitrogens with zero attached hydrogens (tertiary/aromatic N) is 2. The van der Waals surface area contributed by atoms with Gasteiger partial charge in [0, 0.05) is 17.3 Å². The van der Waals surface area contributed by atoms with Gasteiger partial charge in [-0.2, -0.15) is 0 Å². The number of piperidine rings is 1. The molecule has 0 spiro atoms. The van der Waals surface area contributed by atoms with E-state index in [9.17, 15) is 4.79 Å². The van der Waals surface area contributed by atoms with Gasteiger partial charge in [0.25, 0.3) is 0 Å². The molecule has 1 fully saturated rings. The molecule has 0 unspecified atom stereocenters. The van der Waals surface area contributed by atoms with Crippen molar-refractivity contribution in [3.63, 3.8) is 0 Å². The molecule has 1 aliphatic heterocycles. The summed E-state index contributed by atoms with van der Waals surface area (Å²) < 4.78 is 0. The first-order valence-corrected chi connectivity index (χ1v) is 10.6. The van der Waals surface area contributed by atoms with Crippen molar-refractivity contribution in [1.82, 2.24) is 15.2 Å². The number of aromatic nitrogens is 1. The van der Waals surface area contributed by atoms with Crippen LogP contribution in [-0.4, -0.2) is 28.9 Å². The van der Waals surface area contributed by atoms with Crippen LogP contribution in [0.5, 0.6) is 0 Å². The molecule has 2 aliphatic rings. The van der Waals surface area contributed by atoms with E-state index in [0.717, 1.165) is 43.9 Å². The number of nitrogens with one attached hydrogen (secondary N) is 1. The van der Waals surface area contributed by atoms with Crippen molar-refractivity contribution in [1.29, 1.82) is 0 Å². The van der Waals surface area contributed by atoms with Crippen LogP contribution in [0, 0.1) is 5.92 Å². The van der Waals surface area contributed by atoms with E-state index in [1.54, 1.807) is 11.3 Å². The maximum absolute atomic E-state index is 12.5. The summed E-state index contributed by atoms with van der Waals surface area (Å²) in [5, 5.41) is 4.21. The minimum atomic E-state index is 0.150. The fourth-order valence-corrected chi connectivity index (χ4v) is 5.08. The van der Waals surface area contributed by atoms with Gasteiger partial charge >= 0.3 is 0 Å². The number of carbonyl (C=O) groups is 1. The average Bonchev–Trinajstić information content (AvgIpc) is 3.10. The predicted octanol–water partition coefficient (Wildman–Crippen LogP) is 3.55. The minimum Gasteiger partial charge on any atom is -0.349 e. The molecule has 1 aliphatic carbocycles. The lowest BCUT2D eigenvalue weighted by Crippen LogP contribution is -2.40. The van der Waals surface area contributed by atoms with Gasteiger partial charge in [-0.05, 0) is 57.2 Å². The predicted molar refractivity (Wildman–Crippen MR) is 105 cm³/mol. The van der Waals surface area contributed by atoms with E-state index in [4.69, 9.17) is 4.98 Å². The van der Waals surface area contributed by atoms with Gasteiger partial charge < -0.3 is 5.32 Å². The summed E-state index contributed by atoms with van der Waals surface area (Å²) in [4.78, 5) is 21.1. The second-order valence-corrected chi connectivity index (χ2v) is 8.61. The number of thiazole rings is 1. The van der Waals surface area contributed by atoms with Crippen LogP contribution in [-0.2, 0) is 30.7 Å². The van der Waals surface area contributed by atoms with Crippen LogP contribution >= 0.6 is 11.3 Å². The first-order valence-electron chi connectivity index (χ1n) is 9.79. The second-order valence-electron chi connectivity index (χ2n) is 7.44. The largest absolute Gasteiger partial charge is 0.349 e.